The third-order valence-corrected chi connectivity index (χ3v) is 7.43. The van der Waals surface area contributed by atoms with Crippen molar-refractivity contribution in [3.05, 3.63) is 59.2 Å². The quantitative estimate of drug-likeness (QED) is 0.698. The fourth-order valence-electron chi connectivity index (χ4n) is 5.62. The predicted molar refractivity (Wildman–Crippen MR) is 127 cm³/mol. The third kappa shape index (κ3) is 4.80. The number of nitrogens with zero attached hydrogens (tertiary/aromatic N) is 2. The zero-order chi connectivity index (χ0) is 21.9. The van der Waals surface area contributed by atoms with Gasteiger partial charge in [0.2, 0.25) is 0 Å². The van der Waals surface area contributed by atoms with E-state index in [0.717, 1.165) is 63.7 Å². The summed E-state index contributed by atoms with van der Waals surface area (Å²) in [7, 11) is 3.92. The Kier molecular flexibility index (Phi) is 6.67. The molecule has 2 aromatic rings. The van der Waals surface area contributed by atoms with Gasteiger partial charge in [0.05, 0.1) is 7.11 Å². The van der Waals surface area contributed by atoms with E-state index in [4.69, 9.17) is 14.2 Å². The zero-order valence-electron chi connectivity index (χ0n) is 19.5. The first-order valence-corrected chi connectivity index (χ1v) is 12.1. The van der Waals surface area contributed by atoms with Crippen molar-refractivity contribution in [2.45, 2.75) is 50.3 Å². The number of rotatable bonds is 5. The second-order valence-electron chi connectivity index (χ2n) is 9.58. The number of likely N-dealkylation sites (tertiary alicyclic amines) is 1. The molecule has 0 aliphatic carbocycles. The maximum absolute atomic E-state index is 6.48. The molecule has 5 heteroatoms. The summed E-state index contributed by atoms with van der Waals surface area (Å²) in [5.74, 6) is 2.31. The van der Waals surface area contributed by atoms with Crippen LogP contribution in [0.5, 0.6) is 11.5 Å². The van der Waals surface area contributed by atoms with Crippen molar-refractivity contribution in [1.29, 1.82) is 0 Å². The topological polar surface area (TPSA) is 34.2 Å². The normalized spacial score (nSPS) is 23.6. The molecule has 1 atom stereocenters. The summed E-state index contributed by atoms with van der Waals surface area (Å²) in [5.41, 5.74) is 4.15. The highest BCUT2D eigenvalue weighted by Gasteiger charge is 2.28. The molecule has 3 aliphatic rings. The van der Waals surface area contributed by atoms with Crippen LogP contribution in [0.15, 0.2) is 42.5 Å². The number of fused-ring (bicyclic) bond motifs is 1. The smallest absolute Gasteiger partial charge is 0.120 e. The summed E-state index contributed by atoms with van der Waals surface area (Å²) >= 11 is 0. The lowest BCUT2D eigenvalue weighted by atomic mass is 9.84. The van der Waals surface area contributed by atoms with E-state index in [1.54, 1.807) is 7.11 Å². The predicted octanol–water partition coefficient (Wildman–Crippen LogP) is 4.29. The molecule has 5 rings (SSSR count). The van der Waals surface area contributed by atoms with E-state index in [2.05, 4.69) is 59.3 Å². The first kappa shape index (κ1) is 21.7. The summed E-state index contributed by atoms with van der Waals surface area (Å²) < 4.78 is 17.3. The van der Waals surface area contributed by atoms with Crippen LogP contribution in [0.25, 0.3) is 0 Å². The van der Waals surface area contributed by atoms with Gasteiger partial charge in [-0.1, -0.05) is 18.2 Å². The Bertz CT molecular complexity index is 886. The van der Waals surface area contributed by atoms with Crippen LogP contribution < -0.4 is 9.47 Å². The fraction of sp³-hybridized carbons (Fsp3) is 0.556. The molecule has 2 fully saturated rings. The third-order valence-electron chi connectivity index (χ3n) is 7.43. The van der Waals surface area contributed by atoms with Crippen molar-refractivity contribution in [3.8, 4) is 11.5 Å². The van der Waals surface area contributed by atoms with Crippen molar-refractivity contribution < 1.29 is 14.2 Å². The van der Waals surface area contributed by atoms with Gasteiger partial charge in [0.1, 0.15) is 17.6 Å². The minimum atomic E-state index is 0.322. The summed E-state index contributed by atoms with van der Waals surface area (Å²) in [6.45, 7) is 6.13. The molecule has 0 radical (unpaired) electrons. The average Bonchev–Trinajstić information content (AvgIpc) is 2.84. The molecule has 3 heterocycles. The number of piperidine rings is 1. The standard InChI is InChI=1S/C27H36N2O3/c1-28-18-21-17-25(32-24-9-13-29(14-10-24)22-11-15-31-16-12-22)7-8-26(21)27(19-28)20-3-5-23(30-2)6-4-20/h3-8,17,22,24,27H,9-16,18-19H2,1-2H3. The van der Waals surface area contributed by atoms with Crippen LogP contribution in [0.3, 0.4) is 0 Å². The summed E-state index contributed by atoms with van der Waals surface area (Å²) in [6.07, 6.45) is 4.91. The molecule has 0 bridgehead atoms. The number of likely N-dealkylation sites (N-methyl/N-ethyl adjacent to an activating group) is 1. The lowest BCUT2D eigenvalue weighted by molar-refractivity contribution is 0.0101. The molecule has 5 nitrogen and oxygen atoms in total. The molecule has 0 saturated carbocycles. The van der Waals surface area contributed by atoms with Gasteiger partial charge >= 0.3 is 0 Å². The number of hydrogen-bond donors (Lipinski definition) is 0. The zero-order valence-corrected chi connectivity index (χ0v) is 19.5. The average molecular weight is 437 g/mol. The first-order chi connectivity index (χ1) is 15.7. The molecule has 2 saturated heterocycles. The van der Waals surface area contributed by atoms with E-state index in [-0.39, 0.29) is 0 Å². The lowest BCUT2D eigenvalue weighted by Crippen LogP contribution is -2.46. The molecule has 32 heavy (non-hydrogen) atoms. The Balaban J connectivity index is 1.24. The minimum absolute atomic E-state index is 0.322. The van der Waals surface area contributed by atoms with Gasteiger partial charge in [-0.15, -0.1) is 0 Å². The summed E-state index contributed by atoms with van der Waals surface area (Å²) in [4.78, 5) is 5.07. The number of methoxy groups -OCH3 is 1. The maximum atomic E-state index is 6.48. The van der Waals surface area contributed by atoms with Crippen molar-refractivity contribution in [3.63, 3.8) is 0 Å². The van der Waals surface area contributed by atoms with Gasteiger partial charge in [-0.25, -0.2) is 0 Å². The van der Waals surface area contributed by atoms with Gasteiger partial charge in [-0.3, -0.25) is 4.90 Å². The van der Waals surface area contributed by atoms with Crippen LogP contribution in [0.4, 0.5) is 0 Å². The van der Waals surface area contributed by atoms with Gasteiger partial charge in [-0.05, 0) is 73.7 Å². The van der Waals surface area contributed by atoms with Crippen LogP contribution in [0.1, 0.15) is 48.3 Å². The Morgan fingerprint density at radius 3 is 2.34 bits per heavy atom. The Morgan fingerprint density at radius 1 is 0.906 bits per heavy atom. The van der Waals surface area contributed by atoms with Gasteiger partial charge in [0, 0.05) is 51.4 Å². The summed E-state index contributed by atoms with van der Waals surface area (Å²) in [6, 6.07) is 16.0. The molecular formula is C27H36N2O3. The van der Waals surface area contributed by atoms with E-state index < -0.39 is 0 Å². The van der Waals surface area contributed by atoms with Crippen LogP contribution in [0.2, 0.25) is 0 Å². The van der Waals surface area contributed by atoms with Gasteiger partial charge < -0.3 is 19.1 Å². The van der Waals surface area contributed by atoms with Crippen LogP contribution >= 0.6 is 0 Å². The molecule has 2 aromatic carbocycles. The summed E-state index contributed by atoms with van der Waals surface area (Å²) in [5, 5.41) is 0. The Morgan fingerprint density at radius 2 is 1.62 bits per heavy atom. The van der Waals surface area contributed by atoms with E-state index >= 15 is 0 Å². The SMILES string of the molecule is COc1ccc(C2CN(C)Cc3cc(OC4CCN(C5CCOCC5)CC4)ccc32)cc1. The van der Waals surface area contributed by atoms with Crippen LogP contribution in [-0.2, 0) is 11.3 Å². The highest BCUT2D eigenvalue weighted by molar-refractivity contribution is 5.45. The largest absolute Gasteiger partial charge is 0.497 e. The first-order valence-electron chi connectivity index (χ1n) is 12.1. The number of ether oxygens (including phenoxy) is 3. The minimum Gasteiger partial charge on any atom is -0.497 e. The highest BCUT2D eigenvalue weighted by Crippen LogP contribution is 2.36. The second-order valence-corrected chi connectivity index (χ2v) is 9.58. The molecule has 3 aliphatic heterocycles. The van der Waals surface area contributed by atoms with E-state index in [1.807, 2.05) is 0 Å². The highest BCUT2D eigenvalue weighted by atomic mass is 16.5. The Labute approximate surface area is 192 Å². The molecule has 1 unspecified atom stereocenters. The van der Waals surface area contributed by atoms with Gasteiger partial charge in [0.15, 0.2) is 0 Å². The monoisotopic (exact) mass is 436 g/mol. The number of benzene rings is 2. The van der Waals surface area contributed by atoms with Crippen LogP contribution in [-0.4, -0.2) is 69.0 Å². The Hall–Kier alpha value is -2.08. The van der Waals surface area contributed by atoms with Gasteiger partial charge in [0.25, 0.3) is 0 Å². The second kappa shape index (κ2) is 9.82. The molecule has 0 aromatic heterocycles. The van der Waals surface area contributed by atoms with Gasteiger partial charge in [-0.2, -0.15) is 0 Å². The van der Waals surface area contributed by atoms with E-state index in [0.29, 0.717) is 18.1 Å². The van der Waals surface area contributed by atoms with Crippen molar-refractivity contribution in [2.75, 3.05) is 47.0 Å². The van der Waals surface area contributed by atoms with E-state index in [1.165, 1.54) is 29.5 Å². The fourth-order valence-corrected chi connectivity index (χ4v) is 5.62. The maximum Gasteiger partial charge on any atom is 0.120 e. The van der Waals surface area contributed by atoms with Crippen molar-refractivity contribution >= 4 is 0 Å². The van der Waals surface area contributed by atoms with Crippen molar-refractivity contribution in [2.24, 2.45) is 0 Å². The molecule has 172 valence electrons. The van der Waals surface area contributed by atoms with E-state index in [9.17, 15) is 0 Å². The molecule has 0 spiro atoms. The van der Waals surface area contributed by atoms with Crippen molar-refractivity contribution in [1.82, 2.24) is 9.80 Å². The molecule has 0 amide bonds. The molecule has 0 N–H and O–H groups in total. The van der Waals surface area contributed by atoms with Crippen LogP contribution in [0, 0.1) is 0 Å². The number of hydrogen-bond acceptors (Lipinski definition) is 5. The molecular weight excluding hydrogens is 400 g/mol. The lowest BCUT2D eigenvalue weighted by Gasteiger charge is -2.39.